The maximum Gasteiger partial charge on any atom is 0.573 e. The average molecular weight is 311 g/mol. The Hall–Kier alpha value is -2.21. The minimum absolute atomic E-state index is 0.277. The van der Waals surface area contributed by atoms with Gasteiger partial charge in [0, 0.05) is 6.54 Å². The van der Waals surface area contributed by atoms with Crippen LogP contribution in [-0.2, 0) is 6.54 Å². The van der Waals surface area contributed by atoms with Crippen LogP contribution in [0.4, 0.5) is 13.2 Å². The van der Waals surface area contributed by atoms with Crippen molar-refractivity contribution >= 4 is 0 Å². The Kier molecular flexibility index (Phi) is 4.92. The van der Waals surface area contributed by atoms with Crippen molar-refractivity contribution in [3.63, 3.8) is 0 Å². The monoisotopic (exact) mass is 311 g/mol. The topological polar surface area (TPSA) is 21.7 Å². The van der Waals surface area contributed by atoms with Gasteiger partial charge < -0.3 is 14.4 Å². The van der Waals surface area contributed by atoms with E-state index in [1.54, 1.807) is 0 Å². The molecule has 0 fully saturated rings. The van der Waals surface area contributed by atoms with Gasteiger partial charge in [-0.3, -0.25) is 0 Å². The van der Waals surface area contributed by atoms with Gasteiger partial charge in [-0.25, -0.2) is 0 Å². The SMILES string of the molecule is CN(C)Cc1ccc(Oc2ccc(OC(F)(F)F)cc2)cc1. The standard InChI is InChI=1S/C16H16F3NO2/c1-20(2)11-12-3-5-13(6-4-12)21-14-7-9-15(10-8-14)22-16(17,18)19/h3-10H,11H2,1-2H3. The molecule has 0 N–H and O–H groups in total. The summed E-state index contributed by atoms with van der Waals surface area (Å²) in [7, 11) is 3.96. The Bertz CT molecular complexity index is 592. The van der Waals surface area contributed by atoms with Crippen molar-refractivity contribution in [3.05, 3.63) is 54.1 Å². The molecule has 0 heterocycles. The Balaban J connectivity index is 1.98. The van der Waals surface area contributed by atoms with E-state index in [4.69, 9.17) is 4.74 Å². The lowest BCUT2D eigenvalue weighted by Crippen LogP contribution is -2.16. The molecule has 0 aromatic heterocycles. The molecule has 0 saturated heterocycles. The average Bonchev–Trinajstić information content (AvgIpc) is 2.41. The fraction of sp³-hybridized carbons (Fsp3) is 0.250. The lowest BCUT2D eigenvalue weighted by Gasteiger charge is -2.11. The second-order valence-electron chi connectivity index (χ2n) is 5.00. The third-order valence-corrected chi connectivity index (χ3v) is 2.72. The highest BCUT2D eigenvalue weighted by molar-refractivity contribution is 5.36. The van der Waals surface area contributed by atoms with Crippen LogP contribution in [0.25, 0.3) is 0 Å². The molecular formula is C16H16F3NO2. The molecule has 118 valence electrons. The molecule has 0 spiro atoms. The minimum atomic E-state index is -4.69. The number of nitrogens with zero attached hydrogens (tertiary/aromatic N) is 1. The van der Waals surface area contributed by atoms with E-state index in [1.165, 1.54) is 24.3 Å². The van der Waals surface area contributed by atoms with Crippen molar-refractivity contribution in [2.75, 3.05) is 14.1 Å². The first-order valence-electron chi connectivity index (χ1n) is 6.59. The smallest absolute Gasteiger partial charge is 0.457 e. The van der Waals surface area contributed by atoms with Gasteiger partial charge in [0.25, 0.3) is 0 Å². The van der Waals surface area contributed by atoms with Gasteiger partial charge in [-0.1, -0.05) is 12.1 Å². The Morgan fingerprint density at radius 1 is 0.818 bits per heavy atom. The van der Waals surface area contributed by atoms with E-state index in [0.29, 0.717) is 11.5 Å². The normalized spacial score (nSPS) is 11.5. The van der Waals surface area contributed by atoms with E-state index >= 15 is 0 Å². The maximum atomic E-state index is 12.1. The number of alkyl halides is 3. The summed E-state index contributed by atoms with van der Waals surface area (Å²) in [6.07, 6.45) is -4.69. The number of ether oxygens (including phenoxy) is 2. The highest BCUT2D eigenvalue weighted by Gasteiger charge is 2.30. The summed E-state index contributed by atoms with van der Waals surface area (Å²) < 4.78 is 45.6. The van der Waals surface area contributed by atoms with Crippen molar-refractivity contribution in [1.29, 1.82) is 0 Å². The summed E-state index contributed by atoms with van der Waals surface area (Å²) >= 11 is 0. The van der Waals surface area contributed by atoms with Gasteiger partial charge in [0.05, 0.1) is 0 Å². The first-order chi connectivity index (χ1) is 10.3. The molecule has 6 heteroatoms. The third kappa shape index (κ3) is 5.29. The van der Waals surface area contributed by atoms with Crippen molar-refractivity contribution in [1.82, 2.24) is 4.90 Å². The van der Waals surface area contributed by atoms with E-state index < -0.39 is 6.36 Å². The fourth-order valence-electron chi connectivity index (χ4n) is 1.87. The summed E-state index contributed by atoms with van der Waals surface area (Å²) in [4.78, 5) is 2.05. The fourth-order valence-corrected chi connectivity index (χ4v) is 1.87. The Labute approximate surface area is 126 Å². The van der Waals surface area contributed by atoms with Crippen molar-refractivity contribution in [2.45, 2.75) is 12.9 Å². The summed E-state index contributed by atoms with van der Waals surface area (Å²) in [5.41, 5.74) is 1.14. The van der Waals surface area contributed by atoms with Gasteiger partial charge in [0.15, 0.2) is 0 Å². The van der Waals surface area contributed by atoms with Gasteiger partial charge in [-0.2, -0.15) is 0 Å². The van der Waals surface area contributed by atoms with Crippen LogP contribution in [0.5, 0.6) is 17.2 Å². The van der Waals surface area contributed by atoms with E-state index in [1.807, 2.05) is 38.4 Å². The predicted octanol–water partition coefficient (Wildman–Crippen LogP) is 4.44. The predicted molar refractivity (Wildman–Crippen MR) is 77.0 cm³/mol. The molecule has 0 radical (unpaired) electrons. The molecule has 0 saturated carbocycles. The number of hydrogen-bond acceptors (Lipinski definition) is 3. The number of benzene rings is 2. The van der Waals surface area contributed by atoms with Gasteiger partial charge in [-0.05, 0) is 56.1 Å². The molecule has 0 aliphatic rings. The van der Waals surface area contributed by atoms with Crippen LogP contribution in [0.2, 0.25) is 0 Å². The van der Waals surface area contributed by atoms with Gasteiger partial charge >= 0.3 is 6.36 Å². The van der Waals surface area contributed by atoms with Gasteiger partial charge in [0.2, 0.25) is 0 Å². The van der Waals surface area contributed by atoms with Crippen LogP contribution >= 0.6 is 0 Å². The first-order valence-corrected chi connectivity index (χ1v) is 6.59. The molecule has 2 aromatic rings. The maximum absolute atomic E-state index is 12.1. The lowest BCUT2D eigenvalue weighted by molar-refractivity contribution is -0.274. The van der Waals surface area contributed by atoms with Crippen molar-refractivity contribution in [2.24, 2.45) is 0 Å². The van der Waals surface area contributed by atoms with Crippen LogP contribution in [-0.4, -0.2) is 25.4 Å². The Morgan fingerprint density at radius 3 is 1.73 bits per heavy atom. The second-order valence-corrected chi connectivity index (χ2v) is 5.00. The molecule has 2 rings (SSSR count). The van der Waals surface area contributed by atoms with E-state index in [-0.39, 0.29) is 5.75 Å². The number of rotatable bonds is 5. The molecule has 3 nitrogen and oxygen atoms in total. The van der Waals surface area contributed by atoms with Crippen LogP contribution in [0.3, 0.4) is 0 Å². The summed E-state index contributed by atoms with van der Waals surface area (Å²) in [5, 5.41) is 0. The second kappa shape index (κ2) is 6.70. The van der Waals surface area contributed by atoms with Crippen LogP contribution in [0.1, 0.15) is 5.56 Å². The molecule has 22 heavy (non-hydrogen) atoms. The van der Waals surface area contributed by atoms with Crippen LogP contribution < -0.4 is 9.47 Å². The molecule has 0 aliphatic heterocycles. The van der Waals surface area contributed by atoms with Gasteiger partial charge in [-0.15, -0.1) is 13.2 Å². The summed E-state index contributed by atoms with van der Waals surface area (Å²) in [5.74, 6) is 0.781. The van der Waals surface area contributed by atoms with Crippen LogP contribution in [0, 0.1) is 0 Å². The highest BCUT2D eigenvalue weighted by atomic mass is 19.4. The van der Waals surface area contributed by atoms with Gasteiger partial charge in [0.1, 0.15) is 17.2 Å². The highest BCUT2D eigenvalue weighted by Crippen LogP contribution is 2.27. The van der Waals surface area contributed by atoms with E-state index in [0.717, 1.165) is 12.1 Å². The van der Waals surface area contributed by atoms with E-state index in [9.17, 15) is 13.2 Å². The first kappa shape index (κ1) is 16.2. The zero-order chi connectivity index (χ0) is 16.2. The van der Waals surface area contributed by atoms with Crippen molar-refractivity contribution in [3.8, 4) is 17.2 Å². The molecule has 0 aliphatic carbocycles. The van der Waals surface area contributed by atoms with Crippen LogP contribution in [0.15, 0.2) is 48.5 Å². The lowest BCUT2D eigenvalue weighted by atomic mass is 10.2. The molecule has 0 atom stereocenters. The Morgan fingerprint density at radius 2 is 1.27 bits per heavy atom. The third-order valence-electron chi connectivity index (χ3n) is 2.72. The molecule has 0 amide bonds. The summed E-state index contributed by atoms with van der Waals surface area (Å²) in [6, 6.07) is 12.8. The molecular weight excluding hydrogens is 295 g/mol. The zero-order valence-electron chi connectivity index (χ0n) is 12.2. The zero-order valence-corrected chi connectivity index (χ0v) is 12.2. The van der Waals surface area contributed by atoms with Crippen molar-refractivity contribution < 1.29 is 22.6 Å². The molecule has 0 unspecified atom stereocenters. The molecule has 0 bridgehead atoms. The van der Waals surface area contributed by atoms with E-state index in [2.05, 4.69) is 9.64 Å². The minimum Gasteiger partial charge on any atom is -0.457 e. The quantitative estimate of drug-likeness (QED) is 0.815. The number of hydrogen-bond donors (Lipinski definition) is 0. The summed E-state index contributed by atoms with van der Waals surface area (Å²) in [6.45, 7) is 0.823. The number of halogens is 3. The largest absolute Gasteiger partial charge is 0.573 e. The molecule has 2 aromatic carbocycles.